The second-order valence-corrected chi connectivity index (χ2v) is 9.96. The van der Waals surface area contributed by atoms with Crippen molar-refractivity contribution in [1.29, 1.82) is 0 Å². The molecule has 1 fully saturated rings. The van der Waals surface area contributed by atoms with Gasteiger partial charge in [0.05, 0.1) is 36.8 Å². The van der Waals surface area contributed by atoms with Gasteiger partial charge in [0, 0.05) is 10.6 Å². The largest absolute Gasteiger partial charge is 0.493 e. The van der Waals surface area contributed by atoms with Crippen molar-refractivity contribution in [1.82, 2.24) is 10.2 Å². The predicted octanol–water partition coefficient (Wildman–Crippen LogP) is 4.54. The van der Waals surface area contributed by atoms with Crippen LogP contribution in [0.4, 0.5) is 0 Å². The van der Waals surface area contributed by atoms with Crippen LogP contribution in [-0.4, -0.2) is 42.6 Å². The fraction of sp³-hybridized carbons (Fsp3) is 0.333. The van der Waals surface area contributed by atoms with E-state index in [9.17, 15) is 9.59 Å². The molecule has 1 N–H and O–H groups in total. The van der Waals surface area contributed by atoms with Crippen molar-refractivity contribution in [3.63, 3.8) is 0 Å². The van der Waals surface area contributed by atoms with Crippen molar-refractivity contribution in [2.24, 2.45) is 0 Å². The summed E-state index contributed by atoms with van der Waals surface area (Å²) in [7, 11) is 2.91. The number of amides is 1. The lowest BCUT2D eigenvalue weighted by atomic mass is 9.93. The van der Waals surface area contributed by atoms with E-state index < -0.39 is 12.0 Å². The van der Waals surface area contributed by atoms with Crippen LogP contribution in [0, 0.1) is 0 Å². The smallest absolute Gasteiger partial charge is 0.337 e. The summed E-state index contributed by atoms with van der Waals surface area (Å²) in [6.45, 7) is 5.71. The Hall–Kier alpha value is -2.91. The van der Waals surface area contributed by atoms with E-state index in [0.717, 1.165) is 10.4 Å². The van der Waals surface area contributed by atoms with Gasteiger partial charge in [-0.25, -0.2) is 4.79 Å². The number of carbonyl (C=O) groups excluding carboxylic acids is 2. The molecular formula is C24H26N2O5S2. The van der Waals surface area contributed by atoms with Gasteiger partial charge in [-0.3, -0.25) is 9.69 Å². The first-order valence-electron chi connectivity index (χ1n) is 10.5. The number of hydrogen-bond acceptors (Lipinski definition) is 8. The van der Waals surface area contributed by atoms with Gasteiger partial charge < -0.3 is 19.5 Å². The third-order valence-corrected chi connectivity index (χ3v) is 7.25. The van der Waals surface area contributed by atoms with E-state index >= 15 is 0 Å². The molecule has 33 heavy (non-hydrogen) atoms. The number of allylic oxidation sites excluding steroid dienone is 1. The van der Waals surface area contributed by atoms with Crippen molar-refractivity contribution >= 4 is 41.1 Å². The van der Waals surface area contributed by atoms with Gasteiger partial charge in [0.15, 0.2) is 17.0 Å². The van der Waals surface area contributed by atoms with E-state index in [-0.39, 0.29) is 17.5 Å². The fourth-order valence-electron chi connectivity index (χ4n) is 3.93. The zero-order valence-electron chi connectivity index (χ0n) is 19.1. The molecule has 2 aliphatic rings. The van der Waals surface area contributed by atoms with Gasteiger partial charge >= 0.3 is 5.97 Å². The summed E-state index contributed by atoms with van der Waals surface area (Å²) in [5.41, 5.74) is 1.45. The number of nitrogens with one attached hydrogen (secondary N) is 1. The van der Waals surface area contributed by atoms with Gasteiger partial charge in [0.2, 0.25) is 0 Å². The molecule has 9 heteroatoms. The molecule has 0 bridgehead atoms. The van der Waals surface area contributed by atoms with Gasteiger partial charge in [0.25, 0.3) is 5.91 Å². The van der Waals surface area contributed by atoms with Gasteiger partial charge in [-0.15, -0.1) is 11.3 Å². The van der Waals surface area contributed by atoms with Crippen molar-refractivity contribution in [3.05, 3.63) is 62.3 Å². The lowest BCUT2D eigenvalue weighted by Crippen LogP contribution is -2.49. The summed E-state index contributed by atoms with van der Waals surface area (Å²) < 4.78 is 16.5. The minimum Gasteiger partial charge on any atom is -0.493 e. The van der Waals surface area contributed by atoms with E-state index in [1.807, 2.05) is 62.6 Å². The molecule has 2 unspecified atom stereocenters. The standard InChI is InChI=1S/C24H26N2O5S2/c1-13(2)31-17-9-8-15(11-18(17)29-4)21-20(23(28)30-5)14(3)25-24-26(21)22(27)19(33-24)12-16-7-6-10-32-16/h6-13,21,24-25H,1-5H3. The highest BCUT2D eigenvalue weighted by Crippen LogP contribution is 2.47. The Bertz CT molecular complexity index is 1120. The van der Waals surface area contributed by atoms with Gasteiger partial charge in [-0.05, 0) is 56.0 Å². The number of benzene rings is 1. The number of hydrogen-bond donors (Lipinski definition) is 1. The van der Waals surface area contributed by atoms with Gasteiger partial charge in [-0.2, -0.15) is 0 Å². The van der Waals surface area contributed by atoms with Crippen LogP contribution in [-0.2, 0) is 14.3 Å². The minimum absolute atomic E-state index is 0.0257. The molecule has 4 rings (SSSR count). The summed E-state index contributed by atoms with van der Waals surface area (Å²) in [4.78, 5) is 29.7. The normalized spacial score (nSPS) is 21.3. The van der Waals surface area contributed by atoms with Crippen LogP contribution in [0.25, 0.3) is 6.08 Å². The monoisotopic (exact) mass is 486 g/mol. The molecule has 7 nitrogen and oxygen atoms in total. The van der Waals surface area contributed by atoms with E-state index in [4.69, 9.17) is 14.2 Å². The zero-order chi connectivity index (χ0) is 23.7. The van der Waals surface area contributed by atoms with E-state index in [0.29, 0.717) is 27.7 Å². The Labute approximate surface area is 201 Å². The van der Waals surface area contributed by atoms with Crippen LogP contribution in [0.2, 0.25) is 0 Å². The van der Waals surface area contributed by atoms with Crippen molar-refractivity contribution < 1.29 is 23.8 Å². The van der Waals surface area contributed by atoms with Crippen molar-refractivity contribution in [2.75, 3.05) is 14.2 Å². The molecule has 174 valence electrons. The number of methoxy groups -OCH3 is 2. The maximum Gasteiger partial charge on any atom is 0.337 e. The molecule has 0 radical (unpaired) electrons. The highest BCUT2D eigenvalue weighted by Gasteiger charge is 2.48. The summed E-state index contributed by atoms with van der Waals surface area (Å²) >= 11 is 3.00. The minimum atomic E-state index is -0.639. The number of esters is 1. The number of thioether (sulfide) groups is 1. The Morgan fingerprint density at radius 1 is 1.21 bits per heavy atom. The summed E-state index contributed by atoms with van der Waals surface area (Å²) in [6, 6.07) is 8.77. The van der Waals surface area contributed by atoms with Crippen LogP contribution in [0.3, 0.4) is 0 Å². The summed E-state index contributed by atoms with van der Waals surface area (Å²) in [6.07, 6.45) is 1.87. The molecule has 0 spiro atoms. The zero-order valence-corrected chi connectivity index (χ0v) is 20.7. The Balaban J connectivity index is 1.80. The van der Waals surface area contributed by atoms with E-state index in [2.05, 4.69) is 5.32 Å². The van der Waals surface area contributed by atoms with Crippen LogP contribution in [0.15, 0.2) is 51.9 Å². The molecule has 1 amide bonds. The number of rotatable bonds is 6. The summed E-state index contributed by atoms with van der Waals surface area (Å²) in [5.74, 6) is 0.499. The van der Waals surface area contributed by atoms with Gasteiger partial charge in [0.1, 0.15) is 0 Å². The molecule has 1 aromatic heterocycles. The highest BCUT2D eigenvalue weighted by molar-refractivity contribution is 8.05. The maximum absolute atomic E-state index is 13.6. The van der Waals surface area contributed by atoms with Crippen LogP contribution < -0.4 is 14.8 Å². The Morgan fingerprint density at radius 3 is 2.64 bits per heavy atom. The number of thiophene rings is 1. The average Bonchev–Trinajstić information content (AvgIpc) is 3.40. The predicted molar refractivity (Wildman–Crippen MR) is 130 cm³/mol. The molecular weight excluding hydrogens is 460 g/mol. The SMILES string of the molecule is COC(=O)C1=C(C)NC2SC(=Cc3cccs3)C(=O)N2C1c1ccc(OC(C)C)c(OC)c1. The third kappa shape index (κ3) is 4.47. The first-order chi connectivity index (χ1) is 15.8. The van der Waals surface area contributed by atoms with Crippen molar-refractivity contribution in [3.8, 4) is 11.5 Å². The number of ether oxygens (including phenoxy) is 3. The molecule has 1 saturated heterocycles. The quantitative estimate of drug-likeness (QED) is 0.475. The fourth-order valence-corrected chi connectivity index (χ4v) is 5.87. The first-order valence-corrected chi connectivity index (χ1v) is 12.2. The molecule has 2 aliphatic heterocycles. The van der Waals surface area contributed by atoms with Crippen molar-refractivity contribution in [2.45, 2.75) is 38.4 Å². The molecule has 0 aliphatic carbocycles. The lowest BCUT2D eigenvalue weighted by molar-refractivity contribution is -0.138. The number of carbonyl (C=O) groups is 2. The highest BCUT2D eigenvalue weighted by atomic mass is 32.2. The molecule has 0 saturated carbocycles. The summed E-state index contributed by atoms with van der Waals surface area (Å²) in [5, 5.41) is 5.27. The second kappa shape index (κ2) is 9.52. The topological polar surface area (TPSA) is 77.1 Å². The molecule has 1 aromatic carbocycles. The number of fused-ring (bicyclic) bond motifs is 1. The lowest BCUT2D eigenvalue weighted by Gasteiger charge is -2.39. The third-order valence-electron chi connectivity index (χ3n) is 5.32. The van der Waals surface area contributed by atoms with E-state index in [1.54, 1.807) is 23.3 Å². The Kier molecular flexibility index (Phi) is 6.71. The van der Waals surface area contributed by atoms with Gasteiger partial charge in [-0.1, -0.05) is 23.9 Å². The van der Waals surface area contributed by atoms with Crippen LogP contribution >= 0.6 is 23.1 Å². The number of nitrogens with zero attached hydrogens (tertiary/aromatic N) is 1. The average molecular weight is 487 g/mol. The maximum atomic E-state index is 13.6. The second-order valence-electron chi connectivity index (χ2n) is 7.86. The molecule has 2 aromatic rings. The molecule has 2 atom stereocenters. The van der Waals surface area contributed by atoms with Crippen LogP contribution in [0.5, 0.6) is 11.5 Å². The molecule has 3 heterocycles. The van der Waals surface area contributed by atoms with E-state index in [1.165, 1.54) is 18.9 Å². The Morgan fingerprint density at radius 2 is 2.00 bits per heavy atom. The van der Waals surface area contributed by atoms with Crippen LogP contribution in [0.1, 0.15) is 37.3 Å². The first kappa shape index (κ1) is 23.3.